The van der Waals surface area contributed by atoms with Crippen molar-refractivity contribution in [3.05, 3.63) is 35.4 Å². The summed E-state index contributed by atoms with van der Waals surface area (Å²) in [6, 6.07) is 11.0. The monoisotopic (exact) mass is 286 g/mol. The Morgan fingerprint density at radius 1 is 1.43 bits per heavy atom. The zero-order valence-electron chi connectivity index (χ0n) is 13.2. The van der Waals surface area contributed by atoms with Crippen LogP contribution < -0.4 is 5.32 Å². The Kier molecular flexibility index (Phi) is 5.78. The lowest BCUT2D eigenvalue weighted by atomic mass is 9.89. The fourth-order valence-electron chi connectivity index (χ4n) is 3.11. The molecule has 0 saturated heterocycles. The maximum Gasteiger partial charge on any atom is 0.104 e. The molecular formula is C18H26N2O. The minimum Gasteiger partial charge on any atom is -0.374 e. The van der Waals surface area contributed by atoms with Crippen molar-refractivity contribution >= 4 is 0 Å². The molecule has 0 saturated carbocycles. The summed E-state index contributed by atoms with van der Waals surface area (Å²) in [4.78, 5) is 0. The van der Waals surface area contributed by atoms with E-state index in [1.807, 2.05) is 13.8 Å². The third kappa shape index (κ3) is 4.30. The van der Waals surface area contributed by atoms with Crippen LogP contribution in [-0.2, 0) is 11.2 Å². The van der Waals surface area contributed by atoms with Crippen LogP contribution in [0, 0.1) is 11.3 Å². The van der Waals surface area contributed by atoms with Gasteiger partial charge >= 0.3 is 0 Å². The molecule has 0 heterocycles. The van der Waals surface area contributed by atoms with E-state index < -0.39 is 5.54 Å². The van der Waals surface area contributed by atoms with Gasteiger partial charge in [-0.15, -0.1) is 0 Å². The first-order chi connectivity index (χ1) is 10.2. The van der Waals surface area contributed by atoms with Crippen molar-refractivity contribution in [1.82, 2.24) is 5.32 Å². The van der Waals surface area contributed by atoms with Crippen LogP contribution in [0.4, 0.5) is 0 Å². The van der Waals surface area contributed by atoms with Crippen LogP contribution in [0.1, 0.15) is 56.8 Å². The molecule has 0 radical (unpaired) electrons. The van der Waals surface area contributed by atoms with Crippen LogP contribution >= 0.6 is 0 Å². The lowest BCUT2D eigenvalue weighted by Gasteiger charge is -2.27. The topological polar surface area (TPSA) is 45.0 Å². The number of nitrogens with zero attached hydrogens (tertiary/aromatic N) is 1. The normalized spacial score (nSPS) is 20.3. The van der Waals surface area contributed by atoms with E-state index in [9.17, 15) is 5.26 Å². The number of nitrogens with one attached hydrogen (secondary N) is 1. The van der Waals surface area contributed by atoms with Gasteiger partial charge in [-0.05, 0) is 56.7 Å². The minimum atomic E-state index is -0.428. The molecule has 114 valence electrons. The summed E-state index contributed by atoms with van der Waals surface area (Å²) in [6.45, 7) is 5.54. The largest absolute Gasteiger partial charge is 0.374 e. The van der Waals surface area contributed by atoms with Crippen molar-refractivity contribution in [2.24, 2.45) is 0 Å². The van der Waals surface area contributed by atoms with Crippen LogP contribution in [0.3, 0.4) is 0 Å². The molecule has 1 N–H and O–H groups in total. The third-order valence-corrected chi connectivity index (χ3v) is 4.27. The van der Waals surface area contributed by atoms with Gasteiger partial charge in [0.1, 0.15) is 5.54 Å². The second kappa shape index (κ2) is 7.59. The predicted octanol–water partition coefficient (Wildman–Crippen LogP) is 3.75. The Balaban J connectivity index is 1.81. The van der Waals surface area contributed by atoms with Crippen molar-refractivity contribution in [3.8, 4) is 6.07 Å². The van der Waals surface area contributed by atoms with Crippen molar-refractivity contribution in [3.63, 3.8) is 0 Å². The van der Waals surface area contributed by atoms with Crippen LogP contribution in [-0.4, -0.2) is 18.7 Å². The third-order valence-electron chi connectivity index (χ3n) is 4.27. The molecule has 0 aliphatic heterocycles. The molecule has 0 aromatic heterocycles. The number of aryl methyl sites for hydroxylation is 1. The van der Waals surface area contributed by atoms with Crippen LogP contribution in [0.15, 0.2) is 24.3 Å². The van der Waals surface area contributed by atoms with Gasteiger partial charge in [-0.1, -0.05) is 31.2 Å². The SMILES string of the molecule is CCNC(C)(C#N)CCCOC1CCCc2ccccc21. The molecule has 21 heavy (non-hydrogen) atoms. The predicted molar refractivity (Wildman–Crippen MR) is 85.0 cm³/mol. The Hall–Kier alpha value is -1.37. The highest BCUT2D eigenvalue weighted by Crippen LogP contribution is 2.32. The number of fused-ring (bicyclic) bond motifs is 1. The molecule has 1 aliphatic rings. The number of nitriles is 1. The van der Waals surface area contributed by atoms with Gasteiger partial charge in [0, 0.05) is 6.61 Å². The fraction of sp³-hybridized carbons (Fsp3) is 0.611. The average Bonchev–Trinajstić information content (AvgIpc) is 2.52. The Morgan fingerprint density at radius 3 is 3.00 bits per heavy atom. The zero-order valence-corrected chi connectivity index (χ0v) is 13.2. The molecule has 0 spiro atoms. The molecule has 1 aromatic carbocycles. The average molecular weight is 286 g/mol. The van der Waals surface area contributed by atoms with Gasteiger partial charge in [-0.2, -0.15) is 5.26 Å². The molecule has 2 rings (SSSR count). The lowest BCUT2D eigenvalue weighted by molar-refractivity contribution is 0.0365. The molecule has 0 amide bonds. The number of rotatable bonds is 7. The maximum atomic E-state index is 9.24. The smallest absolute Gasteiger partial charge is 0.104 e. The molecule has 1 aliphatic carbocycles. The van der Waals surface area contributed by atoms with Gasteiger partial charge in [0.25, 0.3) is 0 Å². The summed E-state index contributed by atoms with van der Waals surface area (Å²) in [5.41, 5.74) is 2.37. The van der Waals surface area contributed by atoms with Crippen LogP contribution in [0.5, 0.6) is 0 Å². The van der Waals surface area contributed by atoms with Crippen molar-refractivity contribution in [1.29, 1.82) is 5.26 Å². The van der Waals surface area contributed by atoms with Gasteiger partial charge < -0.3 is 4.74 Å². The van der Waals surface area contributed by atoms with Gasteiger partial charge in [0.05, 0.1) is 12.2 Å². The number of hydrogen-bond donors (Lipinski definition) is 1. The molecular weight excluding hydrogens is 260 g/mol. The molecule has 2 atom stereocenters. The first kappa shape index (κ1) is 16.0. The molecule has 2 unspecified atom stereocenters. The van der Waals surface area contributed by atoms with Gasteiger partial charge in [-0.25, -0.2) is 0 Å². The second-order valence-corrected chi connectivity index (χ2v) is 6.03. The zero-order chi connectivity index (χ0) is 15.1. The number of benzene rings is 1. The summed E-state index contributed by atoms with van der Waals surface area (Å²) >= 11 is 0. The number of ether oxygens (including phenoxy) is 1. The Morgan fingerprint density at radius 2 is 2.24 bits per heavy atom. The van der Waals surface area contributed by atoms with Crippen LogP contribution in [0.2, 0.25) is 0 Å². The summed E-state index contributed by atoms with van der Waals surface area (Å²) in [7, 11) is 0. The van der Waals surface area contributed by atoms with Crippen molar-refractivity contribution in [2.75, 3.05) is 13.2 Å². The standard InChI is InChI=1S/C18H26N2O/c1-3-20-18(2,14-19)12-7-13-21-17-11-6-9-15-8-4-5-10-16(15)17/h4-5,8,10,17,20H,3,6-7,9,11-13H2,1-2H3. The van der Waals surface area contributed by atoms with E-state index in [1.54, 1.807) is 0 Å². The summed E-state index contributed by atoms with van der Waals surface area (Å²) in [6.07, 6.45) is 5.46. The van der Waals surface area contributed by atoms with E-state index in [-0.39, 0.29) is 6.10 Å². The Labute approximate surface area is 128 Å². The van der Waals surface area contributed by atoms with E-state index in [0.29, 0.717) is 0 Å². The van der Waals surface area contributed by atoms with E-state index >= 15 is 0 Å². The second-order valence-electron chi connectivity index (χ2n) is 6.03. The van der Waals surface area contributed by atoms with E-state index in [2.05, 4.69) is 35.7 Å². The molecule has 3 nitrogen and oxygen atoms in total. The number of hydrogen-bond acceptors (Lipinski definition) is 3. The lowest BCUT2D eigenvalue weighted by Crippen LogP contribution is -2.40. The fourth-order valence-corrected chi connectivity index (χ4v) is 3.11. The molecule has 0 bridgehead atoms. The van der Waals surface area contributed by atoms with Crippen molar-refractivity contribution < 1.29 is 4.74 Å². The minimum absolute atomic E-state index is 0.238. The maximum absolute atomic E-state index is 9.24. The Bertz CT molecular complexity index is 494. The highest BCUT2D eigenvalue weighted by atomic mass is 16.5. The summed E-state index contributed by atoms with van der Waals surface area (Å²) < 4.78 is 6.09. The molecule has 3 heteroatoms. The highest BCUT2D eigenvalue weighted by molar-refractivity contribution is 5.31. The van der Waals surface area contributed by atoms with Gasteiger partial charge in [0.2, 0.25) is 0 Å². The molecule has 1 aromatic rings. The first-order valence-corrected chi connectivity index (χ1v) is 8.04. The van der Waals surface area contributed by atoms with Crippen molar-refractivity contribution in [2.45, 2.75) is 57.6 Å². The van der Waals surface area contributed by atoms with E-state index in [1.165, 1.54) is 24.0 Å². The first-order valence-electron chi connectivity index (χ1n) is 8.04. The summed E-state index contributed by atoms with van der Waals surface area (Å²) in [5, 5.41) is 12.5. The molecule has 0 fully saturated rings. The van der Waals surface area contributed by atoms with Crippen LogP contribution in [0.25, 0.3) is 0 Å². The summed E-state index contributed by atoms with van der Waals surface area (Å²) in [5.74, 6) is 0. The van der Waals surface area contributed by atoms with E-state index in [4.69, 9.17) is 4.74 Å². The quantitative estimate of drug-likeness (QED) is 0.776. The van der Waals surface area contributed by atoms with Gasteiger partial charge in [0.15, 0.2) is 0 Å². The van der Waals surface area contributed by atoms with E-state index in [0.717, 1.165) is 32.4 Å². The van der Waals surface area contributed by atoms with Gasteiger partial charge in [-0.3, -0.25) is 5.32 Å². The highest BCUT2D eigenvalue weighted by Gasteiger charge is 2.23.